The Bertz CT molecular complexity index is 1130. The number of anilines is 1. The summed E-state index contributed by atoms with van der Waals surface area (Å²) in [4.78, 5) is 50.7. The number of nitrogens with two attached hydrogens (primary N) is 1. The number of hydrogen-bond acceptors (Lipinski definition) is 15. The van der Waals surface area contributed by atoms with Gasteiger partial charge >= 0.3 is 13.5 Å². The fraction of sp³-hybridized carbons (Fsp3) is 0.500. The van der Waals surface area contributed by atoms with Crippen molar-refractivity contribution in [3.63, 3.8) is 0 Å². The number of phosphoric ester groups is 1. The van der Waals surface area contributed by atoms with E-state index in [1.807, 2.05) is 0 Å². The first kappa shape index (κ1) is 26.7. The van der Waals surface area contributed by atoms with Crippen molar-refractivity contribution in [2.24, 2.45) is 0 Å². The Morgan fingerprint density at radius 3 is 2.50 bits per heavy atom. The second kappa shape index (κ2) is 9.97. The Morgan fingerprint density at radius 1 is 1.24 bits per heavy atom. The first-order chi connectivity index (χ1) is 15.7. The van der Waals surface area contributed by atoms with E-state index in [4.69, 9.17) is 10.5 Å². The average Bonchev–Trinajstić information content (AvgIpc) is 3.00. The number of nitrogens with zero attached hydrogens (tertiary/aromatic N) is 2. The first-order valence-electron chi connectivity index (χ1n) is 9.51. The lowest BCUT2D eigenvalue weighted by atomic mass is 9.98. The fourth-order valence-corrected chi connectivity index (χ4v) is 5.14. The molecule has 0 spiro atoms. The van der Waals surface area contributed by atoms with Crippen LogP contribution >= 0.6 is 15.4 Å². The minimum atomic E-state index is -5.83. The maximum absolute atomic E-state index is 12.2. The lowest BCUT2D eigenvalue weighted by Crippen LogP contribution is -2.36. The van der Waals surface area contributed by atoms with Crippen LogP contribution < -0.4 is 26.1 Å². The molecule has 6 N–H and O–H groups in total. The smallest absolute Gasteiger partial charge is 0.351 e. The molecule has 4 unspecified atom stereocenters. The van der Waals surface area contributed by atoms with Crippen molar-refractivity contribution in [2.45, 2.75) is 43.2 Å². The van der Waals surface area contributed by atoms with Gasteiger partial charge < -0.3 is 59.2 Å². The van der Waals surface area contributed by atoms with E-state index < -0.39 is 82.0 Å². The van der Waals surface area contributed by atoms with Crippen LogP contribution in [-0.4, -0.2) is 67.1 Å². The molecule has 1 fully saturated rings. The summed E-state index contributed by atoms with van der Waals surface area (Å²) in [6.07, 6.45) is -7.05. The molecule has 1 aliphatic carbocycles. The average molecular weight is 524 g/mol. The summed E-state index contributed by atoms with van der Waals surface area (Å²) in [6, 6.07) is 1.21. The van der Waals surface area contributed by atoms with Gasteiger partial charge in [-0.2, -0.15) is 4.98 Å². The molecule has 0 radical (unpaired) electrons. The minimum Gasteiger partial charge on any atom is -0.805 e. The molecule has 0 saturated carbocycles. The van der Waals surface area contributed by atoms with E-state index in [-0.39, 0.29) is 5.82 Å². The van der Waals surface area contributed by atoms with Gasteiger partial charge in [0.25, 0.3) is 0 Å². The van der Waals surface area contributed by atoms with E-state index in [0.717, 1.165) is 22.9 Å². The topological polar surface area (TPSA) is 273 Å². The normalized spacial score (nSPS) is 32.9. The van der Waals surface area contributed by atoms with Gasteiger partial charge in [0.1, 0.15) is 29.6 Å². The number of allylic oxidation sites excluding steroid dienone is 1. The summed E-state index contributed by atoms with van der Waals surface area (Å²) < 4.78 is 38.7. The monoisotopic (exact) mass is 524 g/mol. The highest BCUT2D eigenvalue weighted by atomic mass is 31.2. The van der Waals surface area contributed by atoms with Crippen LogP contribution in [0.2, 0.25) is 0 Å². The zero-order valence-electron chi connectivity index (χ0n) is 17.0. The molecule has 1 aromatic heterocycles. The van der Waals surface area contributed by atoms with E-state index in [1.54, 1.807) is 0 Å². The molecule has 1 aromatic rings. The van der Waals surface area contributed by atoms with Crippen LogP contribution in [0.4, 0.5) is 5.82 Å². The van der Waals surface area contributed by atoms with E-state index in [1.165, 1.54) is 6.07 Å². The van der Waals surface area contributed by atoms with Gasteiger partial charge in [0.2, 0.25) is 0 Å². The summed E-state index contributed by atoms with van der Waals surface area (Å²) in [5.41, 5.74) is 2.38. The zero-order valence-corrected chi connectivity index (χ0v) is 18.8. The summed E-state index contributed by atoms with van der Waals surface area (Å²) in [7, 11) is -11.4. The molecule has 3 rings (SSSR count). The SMILES string of the molecule is Nc1ccn([C@@H]2O[C@H](COP(=O)([O-])O/C(=C3\C=CC(O)C(O)C3)P(=O)([O-])[O-])[C@H](O)C2O)c(=O)n1. The molecule has 190 valence electrons. The van der Waals surface area contributed by atoms with Crippen molar-refractivity contribution in [1.29, 1.82) is 0 Å². The molecule has 0 bridgehead atoms. The van der Waals surface area contributed by atoms with Crippen molar-refractivity contribution in [2.75, 3.05) is 12.3 Å². The van der Waals surface area contributed by atoms with Crippen LogP contribution in [0, 0.1) is 0 Å². The van der Waals surface area contributed by atoms with Crippen molar-refractivity contribution in [1.82, 2.24) is 9.55 Å². The highest BCUT2D eigenvalue weighted by molar-refractivity contribution is 7.55. The highest BCUT2D eigenvalue weighted by Crippen LogP contribution is 2.52. The van der Waals surface area contributed by atoms with Gasteiger partial charge in [-0.25, -0.2) is 4.79 Å². The van der Waals surface area contributed by atoms with Gasteiger partial charge in [0, 0.05) is 20.2 Å². The standard InChI is InChI=1S/C16H23N3O13P2/c17-11-3-4-19(16(24)18-11)14-13(23)12(22)10(31-14)6-30-34(28,29)32-15(33(25,26)27)7-1-2-8(20)9(21)5-7/h1-4,8-10,12-14,20-23H,5-6H2,(H,28,29)(H2,17,18,24)(H2,25,26,27)/p-3/b15-7-/t8?,9?,10-,12+,13?,14-/m1/s1. The maximum Gasteiger partial charge on any atom is 0.351 e. The molecule has 1 saturated heterocycles. The maximum atomic E-state index is 12.2. The number of hydrogen-bond donors (Lipinski definition) is 5. The third-order valence-corrected chi connectivity index (χ3v) is 6.79. The van der Waals surface area contributed by atoms with E-state index in [9.17, 15) is 49.0 Å². The van der Waals surface area contributed by atoms with E-state index >= 15 is 0 Å². The molecule has 7 atom stereocenters. The number of ether oxygens (including phenoxy) is 1. The summed E-state index contributed by atoms with van der Waals surface area (Å²) in [6.45, 7) is -1.01. The molecule has 0 aromatic carbocycles. The molecule has 1 aliphatic heterocycles. The highest BCUT2D eigenvalue weighted by Gasteiger charge is 2.44. The predicted molar refractivity (Wildman–Crippen MR) is 104 cm³/mol. The summed E-state index contributed by atoms with van der Waals surface area (Å²) in [5, 5.41) is 39.4. The lowest BCUT2D eigenvalue weighted by Gasteiger charge is -2.38. The van der Waals surface area contributed by atoms with Crippen LogP contribution in [-0.2, 0) is 22.9 Å². The molecule has 0 amide bonds. The van der Waals surface area contributed by atoms with Gasteiger partial charge in [-0.15, -0.1) is 0 Å². The summed E-state index contributed by atoms with van der Waals surface area (Å²) in [5.74, 6) is -0.118. The predicted octanol–water partition coefficient (Wildman–Crippen LogP) is -4.25. The number of nitrogen functional groups attached to an aromatic ring is 1. The Morgan fingerprint density at radius 2 is 1.91 bits per heavy atom. The quantitative estimate of drug-likeness (QED) is 0.167. The Kier molecular flexibility index (Phi) is 7.82. The molecule has 34 heavy (non-hydrogen) atoms. The van der Waals surface area contributed by atoms with Crippen LogP contribution in [0.25, 0.3) is 0 Å². The van der Waals surface area contributed by atoms with Gasteiger partial charge in [0.05, 0.1) is 18.8 Å². The number of aromatic nitrogens is 2. The largest absolute Gasteiger partial charge is 0.805 e. The van der Waals surface area contributed by atoms with Crippen molar-refractivity contribution in [3.05, 3.63) is 46.0 Å². The molecule has 2 heterocycles. The summed E-state index contributed by atoms with van der Waals surface area (Å²) >= 11 is 0. The second-order valence-corrected chi connectivity index (χ2v) is 10.1. The van der Waals surface area contributed by atoms with Crippen molar-refractivity contribution >= 4 is 21.2 Å². The number of aliphatic hydroxyl groups is 4. The second-order valence-electron chi connectivity index (χ2n) is 7.37. The third kappa shape index (κ3) is 6.00. The van der Waals surface area contributed by atoms with Gasteiger partial charge in [-0.3, -0.25) is 9.13 Å². The zero-order chi connectivity index (χ0) is 25.4. The third-order valence-electron chi connectivity index (χ3n) is 4.90. The molecule has 18 heteroatoms. The number of phosphoric acid groups is 1. The Hall–Kier alpha value is -1.94. The first-order valence-corrected chi connectivity index (χ1v) is 12.5. The Labute approximate surface area is 190 Å². The van der Waals surface area contributed by atoms with Gasteiger partial charge in [-0.1, -0.05) is 12.2 Å². The fourth-order valence-electron chi connectivity index (χ4n) is 3.21. The molecule has 2 aliphatic rings. The van der Waals surface area contributed by atoms with E-state index in [2.05, 4.69) is 14.0 Å². The lowest BCUT2D eigenvalue weighted by molar-refractivity contribution is -0.313. The molecular formula is C16H20N3O13P2-3. The van der Waals surface area contributed by atoms with Crippen LogP contribution in [0.5, 0.6) is 0 Å². The van der Waals surface area contributed by atoms with Gasteiger partial charge in [0.15, 0.2) is 6.23 Å². The van der Waals surface area contributed by atoms with Crippen molar-refractivity contribution < 1.29 is 58.0 Å². The van der Waals surface area contributed by atoms with Crippen molar-refractivity contribution in [3.8, 4) is 0 Å². The van der Waals surface area contributed by atoms with Crippen LogP contribution in [0.3, 0.4) is 0 Å². The van der Waals surface area contributed by atoms with Crippen LogP contribution in [0.15, 0.2) is 40.3 Å². The Balaban J connectivity index is 1.74. The number of rotatable bonds is 7. The van der Waals surface area contributed by atoms with E-state index in [0.29, 0.717) is 0 Å². The molecular weight excluding hydrogens is 504 g/mol. The minimum absolute atomic E-state index is 0.118. The number of aliphatic hydroxyl groups excluding tert-OH is 4. The van der Waals surface area contributed by atoms with Gasteiger partial charge in [-0.05, 0) is 11.6 Å². The molecule has 16 nitrogen and oxygen atoms in total. The van der Waals surface area contributed by atoms with Crippen LogP contribution in [0.1, 0.15) is 12.6 Å².